The number of nitrogens with one attached hydrogen (secondary N) is 1. The highest BCUT2D eigenvalue weighted by Crippen LogP contribution is 2.14. The van der Waals surface area contributed by atoms with Crippen LogP contribution in [0.2, 0.25) is 0 Å². The molecule has 0 aliphatic heterocycles. The quantitative estimate of drug-likeness (QED) is 0.160. The lowest BCUT2D eigenvalue weighted by atomic mass is 10.2. The molecule has 7 nitrogen and oxygen atoms in total. The highest BCUT2D eigenvalue weighted by molar-refractivity contribution is 8.13. The number of benzene rings is 1. The number of rotatable bonds is 10. The summed E-state index contributed by atoms with van der Waals surface area (Å²) in [4.78, 5) is 28.2. The summed E-state index contributed by atoms with van der Waals surface area (Å²) in [5.74, 6) is -0.272. The van der Waals surface area contributed by atoms with Crippen molar-refractivity contribution in [2.75, 3.05) is 19.4 Å². The minimum Gasteiger partial charge on any atom is -0.466 e. The Morgan fingerprint density at radius 3 is 2.58 bits per heavy atom. The van der Waals surface area contributed by atoms with Crippen LogP contribution in [-0.2, 0) is 20.9 Å². The minimum atomic E-state index is -0.663. The lowest BCUT2D eigenvalue weighted by molar-refractivity contribution is -0.143. The maximum Gasteiger partial charge on any atom is 0.444 e. The number of carbonyl (C=O) groups excluding carboxylic acids is 2. The van der Waals surface area contributed by atoms with Crippen molar-refractivity contribution < 1.29 is 19.2 Å². The molecule has 0 atom stereocenters. The van der Waals surface area contributed by atoms with E-state index < -0.39 is 6.09 Å². The summed E-state index contributed by atoms with van der Waals surface area (Å²) in [5, 5.41) is 4.51. The normalized spacial score (nSPS) is 11.3. The molecule has 0 heterocycles. The van der Waals surface area contributed by atoms with Crippen LogP contribution < -0.4 is 4.72 Å². The average Bonchev–Trinajstić information content (AvgIpc) is 2.65. The van der Waals surface area contributed by atoms with Crippen molar-refractivity contribution in [1.82, 2.24) is 9.03 Å². The third-order valence-corrected chi connectivity index (χ3v) is 4.76. The van der Waals surface area contributed by atoms with E-state index in [1.807, 2.05) is 47.8 Å². The molecule has 144 valence electrons. The Morgan fingerprint density at radius 1 is 1.23 bits per heavy atom. The lowest BCUT2D eigenvalue weighted by Crippen LogP contribution is -2.27. The number of hydrogen-bond donors (Lipinski definition) is 1. The van der Waals surface area contributed by atoms with Crippen LogP contribution in [0.25, 0.3) is 0 Å². The van der Waals surface area contributed by atoms with Crippen LogP contribution in [0.5, 0.6) is 0 Å². The summed E-state index contributed by atoms with van der Waals surface area (Å²) in [5.41, 5.74) is 1.06. The number of thioether (sulfide) groups is 1. The van der Waals surface area contributed by atoms with Crippen molar-refractivity contribution in [2.45, 2.75) is 33.2 Å². The molecule has 1 aromatic carbocycles. The third kappa shape index (κ3) is 9.69. The average molecular weight is 400 g/mol. The maximum atomic E-state index is 11.8. The van der Waals surface area contributed by atoms with Crippen molar-refractivity contribution in [1.29, 1.82) is 0 Å². The van der Waals surface area contributed by atoms with E-state index in [0.29, 0.717) is 26.1 Å². The highest BCUT2D eigenvalue weighted by Gasteiger charge is 2.13. The summed E-state index contributed by atoms with van der Waals surface area (Å²) in [6.45, 7) is 5.03. The van der Waals surface area contributed by atoms with Crippen LogP contribution in [-0.4, -0.2) is 40.8 Å². The van der Waals surface area contributed by atoms with Gasteiger partial charge in [-0.15, -0.1) is 11.8 Å². The smallest absolute Gasteiger partial charge is 0.444 e. The summed E-state index contributed by atoms with van der Waals surface area (Å²) in [6.07, 6.45) is 2.13. The predicted octanol–water partition coefficient (Wildman–Crippen LogP) is 3.82. The maximum absolute atomic E-state index is 11.8. The molecule has 0 aliphatic carbocycles. The Bertz CT molecular complexity index is 579. The predicted molar refractivity (Wildman–Crippen MR) is 107 cm³/mol. The van der Waals surface area contributed by atoms with Gasteiger partial charge < -0.3 is 4.74 Å². The van der Waals surface area contributed by atoms with E-state index in [4.69, 9.17) is 9.57 Å². The van der Waals surface area contributed by atoms with Gasteiger partial charge >= 0.3 is 12.1 Å². The molecule has 9 heteroatoms. The third-order valence-electron chi connectivity index (χ3n) is 3.10. The van der Waals surface area contributed by atoms with Crippen LogP contribution in [0.3, 0.4) is 0 Å². The van der Waals surface area contributed by atoms with Gasteiger partial charge in [0.2, 0.25) is 0 Å². The molecule has 0 aromatic heterocycles. The zero-order valence-corrected chi connectivity index (χ0v) is 16.9. The molecule has 0 spiro atoms. The van der Waals surface area contributed by atoms with Gasteiger partial charge in [0, 0.05) is 25.2 Å². The van der Waals surface area contributed by atoms with Gasteiger partial charge in [-0.3, -0.25) is 9.63 Å². The largest absolute Gasteiger partial charge is 0.466 e. The fourth-order valence-corrected chi connectivity index (χ4v) is 2.89. The molecule has 0 unspecified atom stereocenters. The van der Waals surface area contributed by atoms with E-state index in [9.17, 15) is 9.59 Å². The Morgan fingerprint density at radius 2 is 1.96 bits per heavy atom. The number of hydrogen-bond acceptors (Lipinski definition) is 8. The first-order valence-electron chi connectivity index (χ1n) is 8.28. The van der Waals surface area contributed by atoms with Gasteiger partial charge in [-0.25, -0.2) is 13.8 Å². The molecular formula is C17H25N3O4S2. The fraction of sp³-hybridized carbons (Fsp3) is 0.471. The minimum absolute atomic E-state index is 0.231. The van der Waals surface area contributed by atoms with Crippen molar-refractivity contribution in [2.24, 2.45) is 5.16 Å². The van der Waals surface area contributed by atoms with E-state index in [-0.39, 0.29) is 12.4 Å². The van der Waals surface area contributed by atoms with E-state index in [1.54, 1.807) is 6.92 Å². The second-order valence-corrected chi connectivity index (χ2v) is 6.80. The number of amides is 1. The fourth-order valence-electron chi connectivity index (χ4n) is 1.85. The molecule has 0 aliphatic rings. The van der Waals surface area contributed by atoms with Crippen molar-refractivity contribution >= 4 is 41.0 Å². The number of carbonyl (C=O) groups is 2. The highest BCUT2D eigenvalue weighted by atomic mass is 32.2. The number of oxime groups is 1. The lowest BCUT2D eigenvalue weighted by Gasteiger charge is -2.20. The van der Waals surface area contributed by atoms with E-state index in [2.05, 4.69) is 9.88 Å². The molecule has 26 heavy (non-hydrogen) atoms. The second kappa shape index (κ2) is 13.5. The van der Waals surface area contributed by atoms with Crippen LogP contribution in [0.1, 0.15) is 32.3 Å². The van der Waals surface area contributed by atoms with Gasteiger partial charge in [-0.2, -0.15) is 0 Å². The summed E-state index contributed by atoms with van der Waals surface area (Å²) in [7, 11) is 0. The van der Waals surface area contributed by atoms with Gasteiger partial charge in [-0.1, -0.05) is 42.4 Å². The first kappa shape index (κ1) is 22.3. The number of esters is 1. The van der Waals surface area contributed by atoms with Gasteiger partial charge in [-0.05, 0) is 25.2 Å². The van der Waals surface area contributed by atoms with Crippen molar-refractivity contribution in [3.05, 3.63) is 35.9 Å². The van der Waals surface area contributed by atoms with Crippen molar-refractivity contribution in [3.8, 4) is 0 Å². The monoisotopic (exact) mass is 399 g/mol. The van der Waals surface area contributed by atoms with Gasteiger partial charge in [0.15, 0.2) is 0 Å². The molecule has 0 radical (unpaired) electrons. The Hall–Kier alpha value is -1.71. The van der Waals surface area contributed by atoms with Gasteiger partial charge in [0.25, 0.3) is 0 Å². The van der Waals surface area contributed by atoms with E-state index in [1.165, 1.54) is 11.8 Å². The van der Waals surface area contributed by atoms with Crippen LogP contribution in [0.15, 0.2) is 35.5 Å². The van der Waals surface area contributed by atoms with Crippen LogP contribution in [0.4, 0.5) is 4.79 Å². The second-order valence-electron chi connectivity index (χ2n) is 5.02. The zero-order chi connectivity index (χ0) is 19.2. The Labute approximate surface area is 163 Å². The van der Waals surface area contributed by atoms with Gasteiger partial charge in [0.05, 0.1) is 13.0 Å². The standard InChI is InChI=1S/C17H25N3O4S2/c1-4-15(25-3)18-24-17(22)19-26-20(12-11-16(21)23-5-2)13-14-9-7-6-8-10-14/h6-10H,4-5,11-13H2,1-3H3,(H,19,22)/b18-15-. The number of ether oxygens (including phenoxy) is 1. The first-order valence-corrected chi connectivity index (χ1v) is 10.3. The summed E-state index contributed by atoms with van der Waals surface area (Å²) < 4.78 is 9.38. The molecule has 1 N–H and O–H groups in total. The van der Waals surface area contributed by atoms with Crippen LogP contribution >= 0.6 is 23.9 Å². The Balaban J connectivity index is 2.56. The Kier molecular flexibility index (Phi) is 11.6. The van der Waals surface area contributed by atoms with Gasteiger partial charge in [0.1, 0.15) is 5.04 Å². The number of nitrogens with zero attached hydrogens (tertiary/aromatic N) is 2. The van der Waals surface area contributed by atoms with E-state index >= 15 is 0 Å². The molecule has 1 amide bonds. The molecule has 0 saturated heterocycles. The molecule has 0 bridgehead atoms. The molecule has 0 fully saturated rings. The molecule has 1 aromatic rings. The molecule has 0 saturated carbocycles. The zero-order valence-electron chi connectivity index (χ0n) is 15.3. The summed E-state index contributed by atoms with van der Waals surface area (Å²) in [6, 6.07) is 9.77. The van der Waals surface area contributed by atoms with Crippen molar-refractivity contribution in [3.63, 3.8) is 0 Å². The SMILES string of the molecule is CCOC(=O)CCN(Cc1ccccc1)SNC(=O)O/N=C(/CC)SC. The van der Waals surface area contributed by atoms with Crippen LogP contribution in [0, 0.1) is 0 Å². The first-order chi connectivity index (χ1) is 12.6. The molecular weight excluding hydrogens is 374 g/mol. The molecule has 1 rings (SSSR count). The topological polar surface area (TPSA) is 80.2 Å². The summed E-state index contributed by atoms with van der Waals surface area (Å²) >= 11 is 2.51. The van der Waals surface area contributed by atoms with E-state index in [0.717, 1.165) is 22.7 Å².